The van der Waals surface area contributed by atoms with Crippen LogP contribution in [0.15, 0.2) is 60.0 Å². The molecular weight excluding hydrogens is 296 g/mol. The maximum Gasteiger partial charge on any atom is 0.0537 e. The molecule has 0 bridgehead atoms. The van der Waals surface area contributed by atoms with Crippen molar-refractivity contribution in [2.75, 3.05) is 5.75 Å². The van der Waals surface area contributed by atoms with E-state index >= 15 is 0 Å². The van der Waals surface area contributed by atoms with E-state index in [4.69, 9.17) is 18.0 Å². The van der Waals surface area contributed by atoms with Crippen LogP contribution < -0.4 is 0 Å². The highest BCUT2D eigenvalue weighted by molar-refractivity contribution is 7.99. The molecular formula is C19H15ClS. The van der Waals surface area contributed by atoms with Gasteiger partial charge in [-0.1, -0.05) is 54.4 Å². The summed E-state index contributed by atoms with van der Waals surface area (Å²) in [5, 5.41) is 0.739. The predicted molar refractivity (Wildman–Crippen MR) is 92.7 cm³/mol. The summed E-state index contributed by atoms with van der Waals surface area (Å²) in [7, 11) is 0. The molecule has 1 aliphatic rings. The van der Waals surface area contributed by atoms with Crippen LogP contribution in [0.4, 0.5) is 0 Å². The lowest BCUT2D eigenvalue weighted by molar-refractivity contribution is 0.666. The summed E-state index contributed by atoms with van der Waals surface area (Å²) in [6, 6.07) is 16.2. The molecule has 0 aliphatic carbocycles. The number of rotatable bonds is 2. The Morgan fingerprint density at radius 2 is 1.90 bits per heavy atom. The van der Waals surface area contributed by atoms with Gasteiger partial charge >= 0.3 is 0 Å². The van der Waals surface area contributed by atoms with Gasteiger partial charge in [0.15, 0.2) is 0 Å². The summed E-state index contributed by atoms with van der Waals surface area (Å²) in [5.41, 5.74) is 3.46. The number of allylic oxidation sites excluding steroid dienone is 1. The summed E-state index contributed by atoms with van der Waals surface area (Å²) < 4.78 is 0. The third kappa shape index (κ3) is 2.75. The molecule has 2 aromatic carbocycles. The highest BCUT2D eigenvalue weighted by atomic mass is 35.5. The van der Waals surface area contributed by atoms with Crippen LogP contribution in [0.5, 0.6) is 0 Å². The van der Waals surface area contributed by atoms with E-state index in [9.17, 15) is 0 Å². The Bertz CT molecular complexity index is 709. The van der Waals surface area contributed by atoms with Crippen LogP contribution in [-0.4, -0.2) is 5.75 Å². The summed E-state index contributed by atoms with van der Waals surface area (Å²) in [6.07, 6.45) is 5.83. The molecule has 0 fully saturated rings. The predicted octanol–water partition coefficient (Wildman–Crippen LogP) is 5.49. The lowest BCUT2D eigenvalue weighted by Gasteiger charge is -2.31. The van der Waals surface area contributed by atoms with Crippen molar-refractivity contribution in [3.05, 3.63) is 71.3 Å². The molecule has 0 nitrogen and oxygen atoms in total. The van der Waals surface area contributed by atoms with Gasteiger partial charge in [-0.25, -0.2) is 0 Å². The van der Waals surface area contributed by atoms with Gasteiger partial charge in [0.25, 0.3) is 0 Å². The van der Waals surface area contributed by atoms with Crippen LogP contribution >= 0.6 is 23.4 Å². The van der Waals surface area contributed by atoms with Gasteiger partial charge in [-0.15, -0.1) is 18.2 Å². The Morgan fingerprint density at radius 3 is 2.62 bits per heavy atom. The minimum atomic E-state index is 0.0885. The zero-order valence-electron chi connectivity index (χ0n) is 11.6. The van der Waals surface area contributed by atoms with Crippen LogP contribution in [0.3, 0.4) is 0 Å². The second-order valence-electron chi connectivity index (χ2n) is 5.13. The highest BCUT2D eigenvalue weighted by Gasteiger charge is 2.30. The summed E-state index contributed by atoms with van der Waals surface area (Å²) in [4.78, 5) is 1.29. The van der Waals surface area contributed by atoms with Gasteiger partial charge < -0.3 is 0 Å². The first kappa shape index (κ1) is 14.3. The molecule has 0 radical (unpaired) electrons. The number of thioether (sulfide) groups is 1. The van der Waals surface area contributed by atoms with Crippen molar-refractivity contribution in [3.8, 4) is 12.3 Å². The summed E-state index contributed by atoms with van der Waals surface area (Å²) >= 11 is 7.82. The Hall–Kier alpha value is -1.62. The Labute approximate surface area is 135 Å². The van der Waals surface area contributed by atoms with Crippen LogP contribution in [0.25, 0.3) is 5.57 Å². The van der Waals surface area contributed by atoms with Crippen LogP contribution in [0, 0.1) is 18.3 Å². The fourth-order valence-electron chi connectivity index (χ4n) is 2.75. The SMILES string of the molecule is C#C[C@@H]1c2ccccc2SC[C@@H]1C(=C)c1ccc(Cl)cc1. The molecule has 0 saturated carbocycles. The smallest absolute Gasteiger partial charge is 0.0537 e. The van der Waals surface area contributed by atoms with E-state index in [1.807, 2.05) is 36.0 Å². The minimum absolute atomic E-state index is 0.0885. The van der Waals surface area contributed by atoms with Crippen molar-refractivity contribution >= 4 is 28.9 Å². The molecule has 3 rings (SSSR count). The van der Waals surface area contributed by atoms with Crippen molar-refractivity contribution < 1.29 is 0 Å². The number of hydrogen-bond donors (Lipinski definition) is 0. The Kier molecular flexibility index (Phi) is 4.10. The molecule has 2 aromatic rings. The van der Waals surface area contributed by atoms with E-state index in [0.717, 1.165) is 21.9 Å². The van der Waals surface area contributed by atoms with Crippen molar-refractivity contribution in [2.45, 2.75) is 10.8 Å². The van der Waals surface area contributed by atoms with Gasteiger partial charge in [-0.3, -0.25) is 0 Å². The lowest BCUT2D eigenvalue weighted by atomic mass is 9.80. The molecule has 0 saturated heterocycles. The second kappa shape index (κ2) is 6.02. The Balaban J connectivity index is 1.94. The standard InChI is InChI=1S/C19H15ClS/c1-3-16-17-6-4-5-7-19(17)21-12-18(16)13(2)14-8-10-15(20)11-9-14/h1,4-11,16,18H,2,12H2/t16-,18-/m1/s1. The van der Waals surface area contributed by atoms with Gasteiger partial charge in [0, 0.05) is 21.6 Å². The van der Waals surface area contributed by atoms with E-state index in [-0.39, 0.29) is 11.8 Å². The average Bonchev–Trinajstić information content (AvgIpc) is 2.53. The molecule has 0 unspecified atom stereocenters. The molecule has 0 spiro atoms. The molecule has 0 amide bonds. The van der Waals surface area contributed by atoms with E-state index < -0.39 is 0 Å². The zero-order chi connectivity index (χ0) is 14.8. The normalized spacial score (nSPS) is 20.4. The quantitative estimate of drug-likeness (QED) is 0.661. The van der Waals surface area contributed by atoms with Crippen molar-refractivity contribution in [3.63, 3.8) is 0 Å². The molecule has 2 atom stereocenters. The molecule has 0 N–H and O–H groups in total. The third-order valence-electron chi connectivity index (χ3n) is 3.92. The van der Waals surface area contributed by atoms with Crippen molar-refractivity contribution in [1.82, 2.24) is 0 Å². The number of terminal acetylenes is 1. The van der Waals surface area contributed by atoms with Gasteiger partial charge in [-0.2, -0.15) is 0 Å². The maximum absolute atomic E-state index is 5.96. The van der Waals surface area contributed by atoms with Gasteiger partial charge in [0.2, 0.25) is 0 Å². The summed E-state index contributed by atoms with van der Waals surface area (Å²) in [6.45, 7) is 4.30. The summed E-state index contributed by atoms with van der Waals surface area (Å²) in [5.74, 6) is 4.29. The molecule has 21 heavy (non-hydrogen) atoms. The fraction of sp³-hybridized carbons (Fsp3) is 0.158. The molecule has 1 aliphatic heterocycles. The number of halogens is 1. The largest absolute Gasteiger partial charge is 0.125 e. The topological polar surface area (TPSA) is 0 Å². The zero-order valence-corrected chi connectivity index (χ0v) is 13.1. The van der Waals surface area contributed by atoms with Crippen LogP contribution in [-0.2, 0) is 0 Å². The van der Waals surface area contributed by atoms with Gasteiger partial charge in [0.1, 0.15) is 0 Å². The first-order valence-corrected chi connectivity index (χ1v) is 8.19. The monoisotopic (exact) mass is 310 g/mol. The first-order chi connectivity index (χ1) is 10.2. The van der Waals surface area contributed by atoms with Crippen molar-refractivity contribution in [1.29, 1.82) is 0 Å². The van der Waals surface area contributed by atoms with Crippen molar-refractivity contribution in [2.24, 2.45) is 5.92 Å². The van der Waals surface area contributed by atoms with E-state index in [2.05, 4.69) is 36.8 Å². The fourth-order valence-corrected chi connectivity index (χ4v) is 4.16. The van der Waals surface area contributed by atoms with E-state index in [1.54, 1.807) is 0 Å². The molecule has 1 heterocycles. The third-order valence-corrected chi connectivity index (χ3v) is 5.38. The Morgan fingerprint density at radius 1 is 1.19 bits per heavy atom. The maximum atomic E-state index is 5.96. The van der Waals surface area contributed by atoms with Gasteiger partial charge in [0.05, 0.1) is 5.92 Å². The second-order valence-corrected chi connectivity index (χ2v) is 6.63. The first-order valence-electron chi connectivity index (χ1n) is 6.83. The average molecular weight is 311 g/mol. The van der Waals surface area contributed by atoms with E-state index in [1.165, 1.54) is 10.5 Å². The van der Waals surface area contributed by atoms with Crippen LogP contribution in [0.2, 0.25) is 5.02 Å². The number of benzene rings is 2. The number of fused-ring (bicyclic) bond motifs is 1. The minimum Gasteiger partial charge on any atom is -0.125 e. The molecule has 2 heteroatoms. The highest BCUT2D eigenvalue weighted by Crippen LogP contribution is 2.45. The van der Waals surface area contributed by atoms with E-state index in [0.29, 0.717) is 0 Å². The van der Waals surface area contributed by atoms with Gasteiger partial charge in [-0.05, 0) is 34.9 Å². The number of hydrogen-bond acceptors (Lipinski definition) is 1. The molecule has 104 valence electrons. The van der Waals surface area contributed by atoms with Crippen LogP contribution in [0.1, 0.15) is 17.0 Å². The lowest BCUT2D eigenvalue weighted by Crippen LogP contribution is -2.20. The molecule has 0 aromatic heterocycles.